The highest BCUT2D eigenvalue weighted by molar-refractivity contribution is 7.92. The zero-order valence-electron chi connectivity index (χ0n) is 11.6. The highest BCUT2D eigenvalue weighted by atomic mass is 32.2. The quantitative estimate of drug-likeness (QED) is 0.809. The molecule has 0 bridgehead atoms. The molecule has 1 aliphatic heterocycles. The van der Waals surface area contributed by atoms with Gasteiger partial charge in [-0.2, -0.15) is 0 Å². The number of nitrogens with zero attached hydrogens (tertiary/aromatic N) is 1. The Balaban J connectivity index is 2.77. The standard InChI is InChI=1S/C12H24N2O3S/c1-8(2)7-11(13)12(15)14-5-6-18(16,17)10(4)9(14)3/h8-11H,5-7,13H2,1-4H3/t9?,10?,11-/m0/s1. The predicted molar refractivity (Wildman–Crippen MR) is 71.9 cm³/mol. The normalized spacial score (nSPS) is 29.3. The first-order valence-electron chi connectivity index (χ1n) is 6.44. The van der Waals surface area contributed by atoms with Crippen LogP contribution in [0.15, 0.2) is 0 Å². The van der Waals surface area contributed by atoms with E-state index in [1.807, 2.05) is 13.8 Å². The average Bonchev–Trinajstić information content (AvgIpc) is 2.24. The second kappa shape index (κ2) is 5.57. The Hall–Kier alpha value is -0.620. The van der Waals surface area contributed by atoms with Crippen molar-refractivity contribution in [3.8, 4) is 0 Å². The second-order valence-corrected chi connectivity index (χ2v) is 8.06. The van der Waals surface area contributed by atoms with Crippen molar-refractivity contribution in [2.75, 3.05) is 12.3 Å². The fraction of sp³-hybridized carbons (Fsp3) is 0.917. The van der Waals surface area contributed by atoms with Gasteiger partial charge in [0.1, 0.15) is 0 Å². The Bertz CT molecular complexity index is 406. The molecule has 0 saturated carbocycles. The zero-order valence-corrected chi connectivity index (χ0v) is 12.4. The largest absolute Gasteiger partial charge is 0.336 e. The van der Waals surface area contributed by atoms with Crippen LogP contribution in [0, 0.1) is 5.92 Å². The third kappa shape index (κ3) is 3.23. The summed E-state index contributed by atoms with van der Waals surface area (Å²) < 4.78 is 23.5. The molecule has 1 saturated heterocycles. The number of carbonyl (C=O) groups excluding carboxylic acids is 1. The SMILES string of the molecule is CC(C)C[C@H](N)C(=O)N1CCS(=O)(=O)C(C)C1C. The predicted octanol–water partition coefficient (Wildman–Crippen LogP) is 0.394. The minimum absolute atomic E-state index is 0.0403. The van der Waals surface area contributed by atoms with E-state index in [0.29, 0.717) is 12.3 Å². The number of hydrogen-bond donors (Lipinski definition) is 1. The Kier molecular flexibility index (Phi) is 4.78. The van der Waals surface area contributed by atoms with E-state index in [-0.39, 0.29) is 24.2 Å². The molecule has 18 heavy (non-hydrogen) atoms. The number of carbonyl (C=O) groups is 1. The van der Waals surface area contributed by atoms with Crippen LogP contribution in [-0.2, 0) is 14.6 Å². The summed E-state index contributed by atoms with van der Waals surface area (Å²) in [4.78, 5) is 13.8. The molecule has 0 spiro atoms. The Labute approximate surface area is 110 Å². The van der Waals surface area contributed by atoms with E-state index in [0.717, 1.165) is 0 Å². The summed E-state index contributed by atoms with van der Waals surface area (Å²) in [7, 11) is -3.06. The summed E-state index contributed by atoms with van der Waals surface area (Å²) in [6.45, 7) is 7.73. The van der Waals surface area contributed by atoms with Gasteiger partial charge < -0.3 is 10.6 Å². The van der Waals surface area contributed by atoms with E-state index >= 15 is 0 Å². The molecule has 0 aromatic carbocycles. The van der Waals surface area contributed by atoms with Gasteiger partial charge in [-0.1, -0.05) is 13.8 Å². The van der Waals surface area contributed by atoms with E-state index < -0.39 is 21.1 Å². The number of hydrogen-bond acceptors (Lipinski definition) is 4. The van der Waals surface area contributed by atoms with E-state index in [2.05, 4.69) is 0 Å². The lowest BCUT2D eigenvalue weighted by atomic mass is 10.0. The molecule has 5 nitrogen and oxygen atoms in total. The molecule has 2 N–H and O–H groups in total. The lowest BCUT2D eigenvalue weighted by Crippen LogP contribution is -2.58. The van der Waals surface area contributed by atoms with Crippen LogP contribution < -0.4 is 5.73 Å². The van der Waals surface area contributed by atoms with Gasteiger partial charge in [0.15, 0.2) is 9.84 Å². The molecule has 0 aromatic rings. The van der Waals surface area contributed by atoms with Gasteiger partial charge in [0.25, 0.3) is 0 Å². The van der Waals surface area contributed by atoms with Crippen molar-refractivity contribution in [1.29, 1.82) is 0 Å². The van der Waals surface area contributed by atoms with Crippen molar-refractivity contribution >= 4 is 15.7 Å². The summed E-state index contributed by atoms with van der Waals surface area (Å²) in [6.07, 6.45) is 0.628. The molecule has 1 amide bonds. The third-order valence-electron chi connectivity index (χ3n) is 3.68. The minimum Gasteiger partial charge on any atom is -0.336 e. The molecule has 2 unspecified atom stereocenters. The first-order valence-corrected chi connectivity index (χ1v) is 8.16. The van der Waals surface area contributed by atoms with Gasteiger partial charge in [0.2, 0.25) is 5.91 Å². The van der Waals surface area contributed by atoms with Gasteiger partial charge in [-0.05, 0) is 26.2 Å². The highest BCUT2D eigenvalue weighted by Crippen LogP contribution is 2.20. The van der Waals surface area contributed by atoms with Gasteiger partial charge in [0.05, 0.1) is 17.0 Å². The first-order chi connectivity index (χ1) is 8.16. The van der Waals surface area contributed by atoms with Crippen LogP contribution >= 0.6 is 0 Å². The topological polar surface area (TPSA) is 80.5 Å². The molecular formula is C12H24N2O3S. The van der Waals surface area contributed by atoms with Gasteiger partial charge in [0, 0.05) is 12.6 Å². The van der Waals surface area contributed by atoms with Crippen LogP contribution in [0.1, 0.15) is 34.1 Å². The molecule has 0 radical (unpaired) electrons. The Morgan fingerprint density at radius 3 is 2.44 bits per heavy atom. The molecule has 6 heteroatoms. The molecule has 1 fully saturated rings. The number of sulfone groups is 1. The molecule has 1 rings (SSSR count). The summed E-state index contributed by atoms with van der Waals surface area (Å²) in [5.41, 5.74) is 5.88. The average molecular weight is 276 g/mol. The first kappa shape index (κ1) is 15.4. The van der Waals surface area contributed by atoms with Crippen molar-refractivity contribution in [3.05, 3.63) is 0 Å². The number of rotatable bonds is 3. The van der Waals surface area contributed by atoms with Crippen LogP contribution in [0.25, 0.3) is 0 Å². The summed E-state index contributed by atoms with van der Waals surface area (Å²) in [5.74, 6) is 0.265. The van der Waals surface area contributed by atoms with Crippen LogP contribution in [0.3, 0.4) is 0 Å². The lowest BCUT2D eigenvalue weighted by molar-refractivity contribution is -0.134. The fourth-order valence-electron chi connectivity index (χ4n) is 2.30. The second-order valence-electron chi connectivity index (χ2n) is 5.58. The summed E-state index contributed by atoms with van der Waals surface area (Å²) in [6, 6.07) is -0.824. The van der Waals surface area contributed by atoms with Crippen molar-refractivity contribution in [2.24, 2.45) is 11.7 Å². The molecule has 1 heterocycles. The van der Waals surface area contributed by atoms with E-state index in [1.54, 1.807) is 18.7 Å². The van der Waals surface area contributed by atoms with Crippen molar-refractivity contribution < 1.29 is 13.2 Å². The van der Waals surface area contributed by atoms with Crippen molar-refractivity contribution in [1.82, 2.24) is 4.90 Å². The van der Waals surface area contributed by atoms with Crippen LogP contribution in [0.5, 0.6) is 0 Å². The Morgan fingerprint density at radius 1 is 1.39 bits per heavy atom. The molecule has 1 aliphatic rings. The number of nitrogens with two attached hydrogens (primary N) is 1. The van der Waals surface area contributed by atoms with E-state index in [4.69, 9.17) is 5.73 Å². The maximum Gasteiger partial charge on any atom is 0.239 e. The van der Waals surface area contributed by atoms with Crippen molar-refractivity contribution in [3.63, 3.8) is 0 Å². The fourth-order valence-corrected chi connectivity index (χ4v) is 3.87. The van der Waals surface area contributed by atoms with Gasteiger partial charge in [-0.25, -0.2) is 8.42 Å². The molecule has 0 aliphatic carbocycles. The summed E-state index contributed by atoms with van der Waals surface area (Å²) >= 11 is 0. The molecule has 3 atom stereocenters. The van der Waals surface area contributed by atoms with Gasteiger partial charge in [-0.15, -0.1) is 0 Å². The maximum absolute atomic E-state index is 12.2. The molecule has 0 aromatic heterocycles. The maximum atomic E-state index is 12.2. The van der Waals surface area contributed by atoms with E-state index in [1.165, 1.54) is 0 Å². The molecule has 106 valence electrons. The van der Waals surface area contributed by atoms with Gasteiger partial charge >= 0.3 is 0 Å². The smallest absolute Gasteiger partial charge is 0.239 e. The Morgan fingerprint density at radius 2 is 1.94 bits per heavy atom. The zero-order chi connectivity index (χ0) is 14.1. The minimum atomic E-state index is -3.06. The lowest BCUT2D eigenvalue weighted by Gasteiger charge is -2.38. The highest BCUT2D eigenvalue weighted by Gasteiger charge is 2.39. The van der Waals surface area contributed by atoms with Crippen LogP contribution in [0.2, 0.25) is 0 Å². The number of amides is 1. The third-order valence-corrected chi connectivity index (χ3v) is 5.96. The monoisotopic (exact) mass is 276 g/mol. The van der Waals surface area contributed by atoms with Crippen LogP contribution in [0.4, 0.5) is 0 Å². The summed E-state index contributed by atoms with van der Waals surface area (Å²) in [5, 5.41) is -0.513. The molecular weight excluding hydrogens is 252 g/mol. The van der Waals surface area contributed by atoms with Gasteiger partial charge in [-0.3, -0.25) is 4.79 Å². The van der Waals surface area contributed by atoms with E-state index in [9.17, 15) is 13.2 Å². The van der Waals surface area contributed by atoms with Crippen molar-refractivity contribution in [2.45, 2.75) is 51.4 Å². The van der Waals surface area contributed by atoms with Crippen LogP contribution in [-0.4, -0.2) is 48.9 Å².